The van der Waals surface area contributed by atoms with Crippen molar-refractivity contribution < 1.29 is 9.31 Å². The molecule has 0 aliphatic heterocycles. The normalized spacial score (nSPS) is 10.1. The highest BCUT2D eigenvalue weighted by atomic mass is 19.1. The van der Waals surface area contributed by atoms with Crippen molar-refractivity contribution in [3.8, 4) is 0 Å². The van der Waals surface area contributed by atoms with Gasteiger partial charge in [0.05, 0.1) is 4.92 Å². The molecular weight excluding hydrogens is 235 g/mol. The Morgan fingerprint density at radius 2 is 1.67 bits per heavy atom. The third-order valence-electron chi connectivity index (χ3n) is 2.49. The summed E-state index contributed by atoms with van der Waals surface area (Å²) in [4.78, 5) is 10.0. The number of hydrogen-bond donors (Lipinski definition) is 1. The van der Waals surface area contributed by atoms with E-state index in [0.717, 1.165) is 11.3 Å². The molecule has 0 fully saturated rings. The van der Waals surface area contributed by atoms with Gasteiger partial charge in [-0.05, 0) is 29.8 Å². The Morgan fingerprint density at radius 1 is 1.06 bits per heavy atom. The molecule has 0 saturated carbocycles. The van der Waals surface area contributed by atoms with Crippen molar-refractivity contribution in [1.82, 2.24) is 0 Å². The third kappa shape index (κ3) is 3.04. The van der Waals surface area contributed by atoms with Crippen LogP contribution in [0.2, 0.25) is 0 Å². The zero-order valence-corrected chi connectivity index (χ0v) is 9.47. The van der Waals surface area contributed by atoms with Crippen molar-refractivity contribution >= 4 is 11.4 Å². The van der Waals surface area contributed by atoms with Gasteiger partial charge in [0.2, 0.25) is 0 Å². The SMILES string of the molecule is O=[N+]([O-])c1ccc(CNc2ccc(F)cc2)cc1. The summed E-state index contributed by atoms with van der Waals surface area (Å²) < 4.78 is 12.7. The molecule has 0 amide bonds. The Bertz CT molecular complexity index is 538. The maximum absolute atomic E-state index is 12.7. The van der Waals surface area contributed by atoms with Gasteiger partial charge in [0, 0.05) is 24.4 Å². The lowest BCUT2D eigenvalue weighted by Crippen LogP contribution is -1.99. The van der Waals surface area contributed by atoms with E-state index in [9.17, 15) is 14.5 Å². The van der Waals surface area contributed by atoms with Gasteiger partial charge >= 0.3 is 0 Å². The average Bonchev–Trinajstić information content (AvgIpc) is 2.38. The number of nitro benzene ring substituents is 1. The van der Waals surface area contributed by atoms with Crippen molar-refractivity contribution in [3.63, 3.8) is 0 Å². The topological polar surface area (TPSA) is 55.2 Å². The van der Waals surface area contributed by atoms with Crippen LogP contribution in [0.3, 0.4) is 0 Å². The molecule has 5 heteroatoms. The van der Waals surface area contributed by atoms with Crippen molar-refractivity contribution in [2.45, 2.75) is 6.54 Å². The molecule has 92 valence electrons. The number of non-ortho nitro benzene ring substituents is 1. The molecule has 0 radical (unpaired) electrons. The Kier molecular flexibility index (Phi) is 3.52. The van der Waals surface area contributed by atoms with Crippen LogP contribution >= 0.6 is 0 Å². The molecule has 0 aliphatic carbocycles. The van der Waals surface area contributed by atoms with Crippen LogP contribution in [0.15, 0.2) is 48.5 Å². The molecule has 4 nitrogen and oxygen atoms in total. The fraction of sp³-hybridized carbons (Fsp3) is 0.0769. The van der Waals surface area contributed by atoms with Gasteiger partial charge < -0.3 is 5.32 Å². The van der Waals surface area contributed by atoms with Gasteiger partial charge in [0.25, 0.3) is 5.69 Å². The number of benzene rings is 2. The Hall–Kier alpha value is -2.43. The van der Waals surface area contributed by atoms with E-state index in [1.165, 1.54) is 24.3 Å². The fourth-order valence-corrected chi connectivity index (χ4v) is 1.51. The van der Waals surface area contributed by atoms with E-state index in [1.54, 1.807) is 24.3 Å². The van der Waals surface area contributed by atoms with Gasteiger partial charge in [-0.15, -0.1) is 0 Å². The lowest BCUT2D eigenvalue weighted by molar-refractivity contribution is -0.384. The van der Waals surface area contributed by atoms with Crippen molar-refractivity contribution in [2.75, 3.05) is 5.32 Å². The van der Waals surface area contributed by atoms with Crippen molar-refractivity contribution in [2.24, 2.45) is 0 Å². The first-order valence-electron chi connectivity index (χ1n) is 5.38. The smallest absolute Gasteiger partial charge is 0.269 e. The van der Waals surface area contributed by atoms with Crippen LogP contribution in [-0.2, 0) is 6.54 Å². The minimum atomic E-state index is -0.433. The fourth-order valence-electron chi connectivity index (χ4n) is 1.51. The van der Waals surface area contributed by atoms with Crippen molar-refractivity contribution in [1.29, 1.82) is 0 Å². The quantitative estimate of drug-likeness (QED) is 0.664. The van der Waals surface area contributed by atoms with Crippen LogP contribution in [0.5, 0.6) is 0 Å². The summed E-state index contributed by atoms with van der Waals surface area (Å²) in [5.74, 6) is -0.282. The van der Waals surface area contributed by atoms with E-state index in [2.05, 4.69) is 5.32 Å². The molecule has 2 aromatic rings. The molecule has 0 unspecified atom stereocenters. The summed E-state index contributed by atoms with van der Waals surface area (Å²) in [5, 5.41) is 13.6. The molecule has 18 heavy (non-hydrogen) atoms. The van der Waals surface area contributed by atoms with Gasteiger partial charge in [0.1, 0.15) is 5.82 Å². The van der Waals surface area contributed by atoms with Gasteiger partial charge in [-0.3, -0.25) is 10.1 Å². The molecule has 0 saturated heterocycles. The van der Waals surface area contributed by atoms with E-state index < -0.39 is 4.92 Å². The minimum Gasteiger partial charge on any atom is -0.381 e. The first-order valence-corrected chi connectivity index (χ1v) is 5.38. The summed E-state index contributed by atoms with van der Waals surface area (Å²) in [5.41, 5.74) is 1.79. The zero-order chi connectivity index (χ0) is 13.0. The number of nitrogens with one attached hydrogen (secondary N) is 1. The number of hydrogen-bond acceptors (Lipinski definition) is 3. The predicted molar refractivity (Wildman–Crippen MR) is 66.8 cm³/mol. The maximum Gasteiger partial charge on any atom is 0.269 e. The number of rotatable bonds is 4. The number of nitrogens with zero attached hydrogens (tertiary/aromatic N) is 1. The van der Waals surface area contributed by atoms with Gasteiger partial charge in [-0.1, -0.05) is 12.1 Å². The predicted octanol–water partition coefficient (Wildman–Crippen LogP) is 3.35. The second-order valence-electron chi connectivity index (χ2n) is 3.78. The highest BCUT2D eigenvalue weighted by Gasteiger charge is 2.03. The van der Waals surface area contributed by atoms with Crippen molar-refractivity contribution in [3.05, 3.63) is 70.0 Å². The van der Waals surface area contributed by atoms with Crippen LogP contribution < -0.4 is 5.32 Å². The highest BCUT2D eigenvalue weighted by molar-refractivity contribution is 5.44. The molecule has 2 aromatic carbocycles. The third-order valence-corrected chi connectivity index (χ3v) is 2.49. The molecule has 2 rings (SSSR count). The Balaban J connectivity index is 1.97. The number of anilines is 1. The molecule has 0 heterocycles. The zero-order valence-electron chi connectivity index (χ0n) is 9.47. The summed E-state index contributed by atoms with van der Waals surface area (Å²) in [7, 11) is 0. The van der Waals surface area contributed by atoms with Crippen LogP contribution in [0.1, 0.15) is 5.56 Å². The molecule has 0 spiro atoms. The lowest BCUT2D eigenvalue weighted by Gasteiger charge is -2.06. The second-order valence-corrected chi connectivity index (χ2v) is 3.78. The van der Waals surface area contributed by atoms with Crippen LogP contribution in [0, 0.1) is 15.9 Å². The van der Waals surface area contributed by atoms with E-state index in [0.29, 0.717) is 6.54 Å². The number of nitro groups is 1. The monoisotopic (exact) mass is 246 g/mol. The summed E-state index contributed by atoms with van der Waals surface area (Å²) in [6.07, 6.45) is 0. The van der Waals surface area contributed by atoms with Crippen LogP contribution in [0.4, 0.5) is 15.8 Å². The molecule has 0 atom stereocenters. The summed E-state index contributed by atoms with van der Waals surface area (Å²) in [6.45, 7) is 0.531. The van der Waals surface area contributed by atoms with Gasteiger partial charge in [0.15, 0.2) is 0 Å². The Labute approximate surface area is 103 Å². The standard InChI is InChI=1S/C13H11FN2O2/c14-11-3-5-12(6-4-11)15-9-10-1-7-13(8-2-10)16(17)18/h1-8,15H,9H2. The molecule has 0 aromatic heterocycles. The number of halogens is 1. The molecule has 0 bridgehead atoms. The molecule has 0 aliphatic rings. The van der Waals surface area contributed by atoms with Crippen LogP contribution in [0.25, 0.3) is 0 Å². The lowest BCUT2D eigenvalue weighted by atomic mass is 10.2. The first kappa shape index (κ1) is 12.0. The van der Waals surface area contributed by atoms with E-state index >= 15 is 0 Å². The summed E-state index contributed by atoms with van der Waals surface area (Å²) >= 11 is 0. The van der Waals surface area contributed by atoms with Gasteiger partial charge in [-0.25, -0.2) is 4.39 Å². The average molecular weight is 246 g/mol. The maximum atomic E-state index is 12.7. The minimum absolute atomic E-state index is 0.0699. The molecule has 1 N–H and O–H groups in total. The van der Waals surface area contributed by atoms with Gasteiger partial charge in [-0.2, -0.15) is 0 Å². The Morgan fingerprint density at radius 3 is 2.22 bits per heavy atom. The molecular formula is C13H11FN2O2. The summed E-state index contributed by atoms with van der Waals surface area (Å²) in [6, 6.07) is 12.3. The van der Waals surface area contributed by atoms with E-state index in [4.69, 9.17) is 0 Å². The van der Waals surface area contributed by atoms with Crippen LogP contribution in [-0.4, -0.2) is 4.92 Å². The van der Waals surface area contributed by atoms with E-state index in [-0.39, 0.29) is 11.5 Å². The first-order chi connectivity index (χ1) is 8.65. The van der Waals surface area contributed by atoms with E-state index in [1.807, 2.05) is 0 Å². The second kappa shape index (κ2) is 5.27. The largest absolute Gasteiger partial charge is 0.381 e. The highest BCUT2D eigenvalue weighted by Crippen LogP contribution is 2.14.